The number of aliphatic hydroxyl groups excluding tert-OH is 1. The third-order valence-corrected chi connectivity index (χ3v) is 3.63. The van der Waals surface area contributed by atoms with Crippen molar-refractivity contribution in [2.45, 2.75) is 13.0 Å². The number of aromatic nitrogens is 1. The first-order valence-electron chi connectivity index (χ1n) is 5.24. The van der Waals surface area contributed by atoms with Crippen LogP contribution >= 0.6 is 11.3 Å². The number of nitrogens with zero attached hydrogens (tertiary/aromatic N) is 1. The van der Waals surface area contributed by atoms with E-state index in [9.17, 15) is 4.79 Å². The van der Waals surface area contributed by atoms with Gasteiger partial charge in [-0.1, -0.05) is 0 Å². The zero-order valence-corrected chi connectivity index (χ0v) is 9.75. The van der Waals surface area contributed by atoms with Crippen LogP contribution in [0.15, 0.2) is 23.6 Å². The van der Waals surface area contributed by atoms with Gasteiger partial charge in [0.15, 0.2) is 0 Å². The Bertz CT molecular complexity index is 592. The van der Waals surface area contributed by atoms with E-state index in [2.05, 4.69) is 10.3 Å². The van der Waals surface area contributed by atoms with Crippen molar-refractivity contribution in [3.05, 3.63) is 34.8 Å². The molecular weight excluding hydrogens is 236 g/mol. The van der Waals surface area contributed by atoms with Crippen molar-refractivity contribution in [1.29, 1.82) is 0 Å². The molecule has 0 bridgehead atoms. The quantitative estimate of drug-likeness (QED) is 0.849. The number of carbonyl (C=O) groups is 1. The van der Waals surface area contributed by atoms with Gasteiger partial charge in [0, 0.05) is 16.6 Å². The molecule has 2 heterocycles. The standard InChI is InChI=1S/C12H10N2O2S/c15-5-9-6-17-12(13-9)7-1-2-10-8(3-7)4-11(16)14-10/h1-3,6,15H,4-5H2,(H,14,16). The van der Waals surface area contributed by atoms with Crippen LogP contribution in [0.5, 0.6) is 0 Å². The zero-order valence-electron chi connectivity index (χ0n) is 8.93. The Labute approximate surface area is 102 Å². The van der Waals surface area contributed by atoms with Gasteiger partial charge in [-0.15, -0.1) is 11.3 Å². The number of carbonyl (C=O) groups excluding carboxylic acids is 1. The number of rotatable bonds is 2. The molecule has 0 unspecified atom stereocenters. The Morgan fingerprint density at radius 1 is 1.47 bits per heavy atom. The minimum absolute atomic E-state index is 0.0346. The Morgan fingerprint density at radius 3 is 3.12 bits per heavy atom. The fraction of sp³-hybridized carbons (Fsp3) is 0.167. The summed E-state index contributed by atoms with van der Waals surface area (Å²) in [4.78, 5) is 15.5. The summed E-state index contributed by atoms with van der Waals surface area (Å²) in [6.07, 6.45) is 0.432. The molecule has 2 aromatic rings. The summed E-state index contributed by atoms with van der Waals surface area (Å²) < 4.78 is 0. The first-order chi connectivity index (χ1) is 8.26. The molecule has 0 radical (unpaired) electrons. The lowest BCUT2D eigenvalue weighted by Gasteiger charge is -2.00. The van der Waals surface area contributed by atoms with Crippen LogP contribution in [0.25, 0.3) is 10.6 Å². The van der Waals surface area contributed by atoms with E-state index in [-0.39, 0.29) is 12.5 Å². The molecule has 4 nitrogen and oxygen atoms in total. The fourth-order valence-corrected chi connectivity index (χ4v) is 2.68. The highest BCUT2D eigenvalue weighted by Crippen LogP contribution is 2.30. The Balaban J connectivity index is 1.99. The Morgan fingerprint density at radius 2 is 2.35 bits per heavy atom. The van der Waals surface area contributed by atoms with Crippen LogP contribution in [-0.4, -0.2) is 16.0 Å². The van der Waals surface area contributed by atoms with E-state index in [1.807, 2.05) is 23.6 Å². The molecule has 0 atom stereocenters. The van der Waals surface area contributed by atoms with E-state index in [1.54, 1.807) is 0 Å². The lowest BCUT2D eigenvalue weighted by molar-refractivity contribution is -0.115. The lowest BCUT2D eigenvalue weighted by atomic mass is 10.1. The molecule has 1 aromatic carbocycles. The van der Waals surface area contributed by atoms with Crippen LogP contribution in [0, 0.1) is 0 Å². The number of benzene rings is 1. The van der Waals surface area contributed by atoms with Gasteiger partial charge in [0.25, 0.3) is 0 Å². The first-order valence-corrected chi connectivity index (χ1v) is 6.12. The smallest absolute Gasteiger partial charge is 0.228 e. The highest BCUT2D eigenvalue weighted by atomic mass is 32.1. The summed E-state index contributed by atoms with van der Waals surface area (Å²) >= 11 is 1.50. The van der Waals surface area contributed by atoms with E-state index in [1.165, 1.54) is 11.3 Å². The van der Waals surface area contributed by atoms with Gasteiger partial charge in [-0.05, 0) is 23.8 Å². The molecule has 0 fully saturated rings. The molecule has 1 amide bonds. The van der Waals surface area contributed by atoms with Gasteiger partial charge >= 0.3 is 0 Å². The van der Waals surface area contributed by atoms with Crippen molar-refractivity contribution in [3.8, 4) is 10.6 Å². The van der Waals surface area contributed by atoms with Crippen molar-refractivity contribution in [1.82, 2.24) is 4.98 Å². The van der Waals surface area contributed by atoms with Crippen molar-refractivity contribution >= 4 is 22.9 Å². The van der Waals surface area contributed by atoms with Gasteiger partial charge in [-0.2, -0.15) is 0 Å². The SMILES string of the molecule is O=C1Cc2cc(-c3nc(CO)cs3)ccc2N1. The average molecular weight is 246 g/mol. The van der Waals surface area contributed by atoms with Gasteiger partial charge in [-0.3, -0.25) is 4.79 Å². The molecule has 0 aliphatic carbocycles. The summed E-state index contributed by atoms with van der Waals surface area (Å²) in [7, 11) is 0. The molecule has 1 aliphatic heterocycles. The molecule has 3 rings (SSSR count). The van der Waals surface area contributed by atoms with Crippen LogP contribution in [0.1, 0.15) is 11.3 Å². The highest BCUT2D eigenvalue weighted by Gasteiger charge is 2.18. The van der Waals surface area contributed by atoms with Crippen molar-refractivity contribution in [3.63, 3.8) is 0 Å². The molecular formula is C12H10N2O2S. The van der Waals surface area contributed by atoms with E-state index >= 15 is 0 Å². The number of hydrogen-bond donors (Lipinski definition) is 2. The summed E-state index contributed by atoms with van der Waals surface area (Å²) in [5.41, 5.74) is 3.57. The van der Waals surface area contributed by atoms with Crippen LogP contribution in [0.4, 0.5) is 5.69 Å². The third kappa shape index (κ3) is 1.83. The van der Waals surface area contributed by atoms with Crippen LogP contribution < -0.4 is 5.32 Å². The predicted octanol–water partition coefficient (Wildman–Crippen LogP) is 1.80. The number of fused-ring (bicyclic) bond motifs is 1. The number of nitrogens with one attached hydrogen (secondary N) is 1. The van der Waals surface area contributed by atoms with Crippen LogP contribution in [0.3, 0.4) is 0 Å². The van der Waals surface area contributed by atoms with E-state index in [0.717, 1.165) is 21.8 Å². The Hall–Kier alpha value is -1.72. The van der Waals surface area contributed by atoms with Gasteiger partial charge in [-0.25, -0.2) is 4.98 Å². The minimum Gasteiger partial charge on any atom is -0.390 e. The maximum atomic E-state index is 11.2. The Kier molecular flexibility index (Phi) is 2.42. The summed E-state index contributed by atoms with van der Waals surface area (Å²) in [5, 5.41) is 14.5. The molecule has 17 heavy (non-hydrogen) atoms. The normalized spacial score (nSPS) is 13.6. The maximum absolute atomic E-state index is 11.2. The molecule has 0 saturated carbocycles. The van der Waals surface area contributed by atoms with Crippen LogP contribution in [-0.2, 0) is 17.8 Å². The van der Waals surface area contributed by atoms with Crippen molar-refractivity contribution < 1.29 is 9.90 Å². The maximum Gasteiger partial charge on any atom is 0.228 e. The highest BCUT2D eigenvalue weighted by molar-refractivity contribution is 7.13. The number of aliphatic hydroxyl groups is 1. The summed E-state index contributed by atoms with van der Waals surface area (Å²) in [6.45, 7) is -0.0402. The first kappa shape index (κ1) is 10.4. The summed E-state index contributed by atoms with van der Waals surface area (Å²) in [6, 6.07) is 5.81. The van der Waals surface area contributed by atoms with Gasteiger partial charge < -0.3 is 10.4 Å². The second-order valence-corrected chi connectivity index (χ2v) is 4.76. The van der Waals surface area contributed by atoms with E-state index < -0.39 is 0 Å². The third-order valence-electron chi connectivity index (χ3n) is 2.69. The molecule has 1 aromatic heterocycles. The number of amides is 1. The van der Waals surface area contributed by atoms with Crippen molar-refractivity contribution in [2.75, 3.05) is 5.32 Å². The van der Waals surface area contributed by atoms with Crippen LogP contribution in [0.2, 0.25) is 0 Å². The van der Waals surface area contributed by atoms with Gasteiger partial charge in [0.05, 0.1) is 18.7 Å². The average Bonchev–Trinajstić information content (AvgIpc) is 2.92. The van der Waals surface area contributed by atoms with E-state index in [4.69, 9.17) is 5.11 Å². The van der Waals surface area contributed by atoms with Crippen molar-refractivity contribution in [2.24, 2.45) is 0 Å². The largest absolute Gasteiger partial charge is 0.390 e. The molecule has 0 saturated heterocycles. The number of hydrogen-bond acceptors (Lipinski definition) is 4. The predicted molar refractivity (Wildman–Crippen MR) is 65.8 cm³/mol. The second kappa shape index (κ2) is 3.94. The molecule has 86 valence electrons. The molecule has 1 aliphatic rings. The fourth-order valence-electron chi connectivity index (χ4n) is 1.87. The van der Waals surface area contributed by atoms with Gasteiger partial charge in [0.2, 0.25) is 5.91 Å². The summed E-state index contributed by atoms with van der Waals surface area (Å²) in [5.74, 6) is 0.0346. The molecule has 5 heteroatoms. The lowest BCUT2D eigenvalue weighted by Crippen LogP contribution is -2.03. The van der Waals surface area contributed by atoms with E-state index in [0.29, 0.717) is 12.1 Å². The van der Waals surface area contributed by atoms with Gasteiger partial charge in [0.1, 0.15) is 5.01 Å². The monoisotopic (exact) mass is 246 g/mol. The topological polar surface area (TPSA) is 62.2 Å². The minimum atomic E-state index is -0.0402. The zero-order chi connectivity index (χ0) is 11.8. The number of thiazole rings is 1. The molecule has 0 spiro atoms. The second-order valence-electron chi connectivity index (χ2n) is 3.90. The number of anilines is 1. The molecule has 2 N–H and O–H groups in total.